The van der Waals surface area contributed by atoms with E-state index in [1.165, 1.54) is 10.9 Å². The Balaban J connectivity index is 2.84. The van der Waals surface area contributed by atoms with Crippen molar-refractivity contribution in [2.24, 2.45) is 7.05 Å². The molecule has 0 N–H and O–H groups in total. The van der Waals surface area contributed by atoms with Crippen LogP contribution in [-0.4, -0.2) is 10.4 Å². The van der Waals surface area contributed by atoms with Crippen molar-refractivity contribution in [2.75, 3.05) is 0 Å². The van der Waals surface area contributed by atoms with Gasteiger partial charge in [0, 0.05) is 24.2 Å². The van der Waals surface area contributed by atoms with E-state index in [0.717, 1.165) is 11.1 Å². The average molecular weight is 215 g/mol. The Morgan fingerprint density at radius 3 is 2.50 bits per heavy atom. The molecule has 2 rings (SSSR count). The molecule has 0 aliphatic carbocycles. The number of aromatic nitrogens is 1. The van der Waals surface area contributed by atoms with Gasteiger partial charge < -0.3 is 4.57 Å². The van der Waals surface area contributed by atoms with Crippen LogP contribution in [0.2, 0.25) is 0 Å². The molecule has 1 aromatic carbocycles. The van der Waals surface area contributed by atoms with E-state index in [1.54, 1.807) is 6.92 Å². The summed E-state index contributed by atoms with van der Waals surface area (Å²) in [6.07, 6.45) is 2.02. The SMILES string of the molecule is CC(=O)c1ccc(C(C)C)c2ccn(C)c12. The zero-order valence-electron chi connectivity index (χ0n) is 10.2. The maximum absolute atomic E-state index is 11.6. The molecule has 0 unspecified atom stereocenters. The Morgan fingerprint density at radius 1 is 1.25 bits per heavy atom. The number of Topliss-reactive ketones (excluding diaryl/α,β-unsaturated/α-hetero) is 1. The van der Waals surface area contributed by atoms with Crippen LogP contribution in [0.25, 0.3) is 10.9 Å². The van der Waals surface area contributed by atoms with Gasteiger partial charge in [-0.2, -0.15) is 0 Å². The number of hydrogen-bond donors (Lipinski definition) is 0. The first-order chi connectivity index (χ1) is 7.52. The minimum absolute atomic E-state index is 0.127. The summed E-state index contributed by atoms with van der Waals surface area (Å²) in [5, 5.41) is 1.20. The molecular weight excluding hydrogens is 198 g/mol. The lowest BCUT2D eigenvalue weighted by atomic mass is 9.96. The fourth-order valence-corrected chi connectivity index (χ4v) is 2.23. The van der Waals surface area contributed by atoms with Crippen molar-refractivity contribution in [3.05, 3.63) is 35.5 Å². The normalized spacial score (nSPS) is 11.3. The molecule has 0 radical (unpaired) electrons. The summed E-state index contributed by atoms with van der Waals surface area (Å²) in [6, 6.07) is 6.11. The van der Waals surface area contributed by atoms with Crippen molar-refractivity contribution in [2.45, 2.75) is 26.7 Å². The van der Waals surface area contributed by atoms with E-state index in [9.17, 15) is 4.79 Å². The number of ketones is 1. The Labute approximate surface area is 95.9 Å². The van der Waals surface area contributed by atoms with Crippen molar-refractivity contribution in [1.29, 1.82) is 0 Å². The molecule has 0 bridgehead atoms. The summed E-state index contributed by atoms with van der Waals surface area (Å²) in [5.41, 5.74) is 3.17. The summed E-state index contributed by atoms with van der Waals surface area (Å²) in [5.74, 6) is 0.605. The molecule has 0 amide bonds. The predicted octanol–water partition coefficient (Wildman–Crippen LogP) is 3.50. The van der Waals surface area contributed by atoms with Crippen molar-refractivity contribution >= 4 is 16.7 Å². The summed E-state index contributed by atoms with van der Waals surface area (Å²) in [7, 11) is 1.98. The lowest BCUT2D eigenvalue weighted by Crippen LogP contribution is -1.99. The number of carbonyl (C=O) groups excluding carboxylic acids is 1. The van der Waals surface area contributed by atoms with Crippen LogP contribution in [0.4, 0.5) is 0 Å². The standard InChI is InChI=1S/C14H17NO/c1-9(2)11-5-6-12(10(3)16)14-13(11)7-8-15(14)4/h5-9H,1-4H3. The second-order valence-corrected chi connectivity index (χ2v) is 4.60. The van der Waals surface area contributed by atoms with Gasteiger partial charge in [0.25, 0.3) is 0 Å². The number of carbonyl (C=O) groups is 1. The van der Waals surface area contributed by atoms with E-state index in [-0.39, 0.29) is 5.78 Å². The first-order valence-electron chi connectivity index (χ1n) is 5.61. The van der Waals surface area contributed by atoms with Crippen LogP contribution in [0.15, 0.2) is 24.4 Å². The van der Waals surface area contributed by atoms with Gasteiger partial charge in [-0.15, -0.1) is 0 Å². The number of hydrogen-bond acceptors (Lipinski definition) is 1. The third-order valence-electron chi connectivity index (χ3n) is 3.07. The molecule has 0 aliphatic heterocycles. The Morgan fingerprint density at radius 2 is 1.94 bits per heavy atom. The van der Waals surface area contributed by atoms with Gasteiger partial charge in [-0.05, 0) is 30.5 Å². The summed E-state index contributed by atoms with van der Waals surface area (Å²) < 4.78 is 2.03. The quantitative estimate of drug-likeness (QED) is 0.703. The molecule has 1 heterocycles. The highest BCUT2D eigenvalue weighted by molar-refractivity contribution is 6.06. The Bertz CT molecular complexity index is 549. The van der Waals surface area contributed by atoms with Crippen LogP contribution in [0.5, 0.6) is 0 Å². The van der Waals surface area contributed by atoms with Crippen LogP contribution in [-0.2, 0) is 7.05 Å². The predicted molar refractivity (Wildman–Crippen MR) is 67.0 cm³/mol. The molecule has 0 saturated heterocycles. The summed E-state index contributed by atoms with van der Waals surface area (Å²) in [4.78, 5) is 11.6. The highest BCUT2D eigenvalue weighted by atomic mass is 16.1. The molecule has 0 aliphatic rings. The van der Waals surface area contributed by atoms with Gasteiger partial charge in [-0.1, -0.05) is 19.9 Å². The van der Waals surface area contributed by atoms with Crippen molar-refractivity contribution in [3.8, 4) is 0 Å². The monoisotopic (exact) mass is 215 g/mol. The third kappa shape index (κ3) is 1.54. The highest BCUT2D eigenvalue weighted by Gasteiger charge is 2.13. The Kier molecular flexibility index (Phi) is 2.58. The van der Waals surface area contributed by atoms with Crippen molar-refractivity contribution < 1.29 is 4.79 Å². The lowest BCUT2D eigenvalue weighted by Gasteiger charge is -2.10. The first kappa shape index (κ1) is 10.9. The fourth-order valence-electron chi connectivity index (χ4n) is 2.23. The van der Waals surface area contributed by atoms with Gasteiger partial charge in [0.1, 0.15) is 0 Å². The number of aryl methyl sites for hydroxylation is 1. The molecule has 0 spiro atoms. The van der Waals surface area contributed by atoms with Gasteiger partial charge >= 0.3 is 0 Å². The zero-order chi connectivity index (χ0) is 11.9. The molecule has 2 heteroatoms. The van der Waals surface area contributed by atoms with E-state index < -0.39 is 0 Å². The summed E-state index contributed by atoms with van der Waals surface area (Å²) in [6.45, 7) is 5.97. The first-order valence-corrected chi connectivity index (χ1v) is 5.61. The molecular formula is C14H17NO. The molecule has 16 heavy (non-hydrogen) atoms. The molecule has 84 valence electrons. The molecule has 1 aromatic heterocycles. The van der Waals surface area contributed by atoms with E-state index in [4.69, 9.17) is 0 Å². The molecule has 0 atom stereocenters. The molecule has 0 fully saturated rings. The summed E-state index contributed by atoms with van der Waals surface area (Å²) >= 11 is 0. The van der Waals surface area contributed by atoms with Crippen LogP contribution in [0.3, 0.4) is 0 Å². The minimum Gasteiger partial charge on any atom is -0.350 e. The van der Waals surface area contributed by atoms with Crippen LogP contribution in [0, 0.1) is 0 Å². The second-order valence-electron chi connectivity index (χ2n) is 4.60. The average Bonchev–Trinajstić information content (AvgIpc) is 2.59. The van der Waals surface area contributed by atoms with Crippen LogP contribution < -0.4 is 0 Å². The highest BCUT2D eigenvalue weighted by Crippen LogP contribution is 2.28. The van der Waals surface area contributed by atoms with Crippen molar-refractivity contribution in [1.82, 2.24) is 4.57 Å². The number of nitrogens with zero attached hydrogens (tertiary/aromatic N) is 1. The Hall–Kier alpha value is -1.57. The van der Waals surface area contributed by atoms with Gasteiger partial charge in [0.15, 0.2) is 5.78 Å². The van der Waals surface area contributed by atoms with E-state index in [2.05, 4.69) is 26.0 Å². The van der Waals surface area contributed by atoms with Gasteiger partial charge in [-0.25, -0.2) is 0 Å². The van der Waals surface area contributed by atoms with Gasteiger partial charge in [-0.3, -0.25) is 4.79 Å². The van der Waals surface area contributed by atoms with E-state index in [1.807, 2.05) is 23.9 Å². The number of rotatable bonds is 2. The van der Waals surface area contributed by atoms with Gasteiger partial charge in [0.05, 0.1) is 5.52 Å². The molecule has 2 aromatic rings. The smallest absolute Gasteiger partial charge is 0.161 e. The molecule has 0 saturated carbocycles. The van der Waals surface area contributed by atoms with Crippen LogP contribution in [0.1, 0.15) is 42.6 Å². The number of benzene rings is 1. The fraction of sp³-hybridized carbons (Fsp3) is 0.357. The zero-order valence-corrected chi connectivity index (χ0v) is 10.2. The van der Waals surface area contributed by atoms with E-state index in [0.29, 0.717) is 5.92 Å². The maximum atomic E-state index is 11.6. The van der Waals surface area contributed by atoms with Gasteiger partial charge in [0.2, 0.25) is 0 Å². The van der Waals surface area contributed by atoms with Crippen LogP contribution >= 0.6 is 0 Å². The largest absolute Gasteiger partial charge is 0.350 e. The van der Waals surface area contributed by atoms with E-state index >= 15 is 0 Å². The second kappa shape index (κ2) is 3.78. The number of fused-ring (bicyclic) bond motifs is 1. The lowest BCUT2D eigenvalue weighted by molar-refractivity contribution is 0.101. The third-order valence-corrected chi connectivity index (χ3v) is 3.07. The van der Waals surface area contributed by atoms with Crippen molar-refractivity contribution in [3.63, 3.8) is 0 Å². The molecule has 2 nitrogen and oxygen atoms in total. The topological polar surface area (TPSA) is 22.0 Å². The maximum Gasteiger partial charge on any atom is 0.161 e. The minimum atomic E-state index is 0.127.